The number of nitrogens with zero attached hydrogens (tertiary/aromatic N) is 3. The molecule has 25 heavy (non-hydrogen) atoms. The topological polar surface area (TPSA) is 84.3 Å². The summed E-state index contributed by atoms with van der Waals surface area (Å²) in [5.74, 6) is -0.684. The summed E-state index contributed by atoms with van der Waals surface area (Å²) in [5.41, 5.74) is 1.05. The van der Waals surface area contributed by atoms with Crippen LogP contribution in [0.2, 0.25) is 5.02 Å². The molecule has 1 aromatic heterocycles. The third-order valence-corrected chi connectivity index (χ3v) is 5.92. The van der Waals surface area contributed by atoms with Crippen LogP contribution in [-0.2, 0) is 16.8 Å². The molecule has 2 aromatic rings. The van der Waals surface area contributed by atoms with Crippen molar-refractivity contribution in [3.05, 3.63) is 52.8 Å². The number of amides is 1. The van der Waals surface area contributed by atoms with E-state index in [0.29, 0.717) is 24.7 Å². The number of piperidine rings is 1. The summed E-state index contributed by atoms with van der Waals surface area (Å²) in [6, 6.07) is 7.34. The second kappa shape index (κ2) is 7.55. The zero-order valence-corrected chi connectivity index (χ0v) is 15.1. The molecule has 0 saturated carbocycles. The lowest BCUT2D eigenvalue weighted by atomic mass is 10.2. The molecule has 3 rings (SSSR count). The Morgan fingerprint density at radius 3 is 2.64 bits per heavy atom. The SMILES string of the molecule is O=C(NS(=O)(=O)N1CCCCC1)c1cnn(Cc2ccccc2Cl)c1. The number of carbonyl (C=O) groups is 1. The largest absolute Gasteiger partial charge is 0.304 e. The summed E-state index contributed by atoms with van der Waals surface area (Å²) in [7, 11) is -3.81. The molecule has 134 valence electrons. The van der Waals surface area contributed by atoms with Crippen molar-refractivity contribution in [2.75, 3.05) is 13.1 Å². The van der Waals surface area contributed by atoms with Gasteiger partial charge in [-0.1, -0.05) is 36.2 Å². The molecule has 1 amide bonds. The number of hydrogen-bond donors (Lipinski definition) is 1. The molecule has 1 saturated heterocycles. The molecule has 9 heteroatoms. The number of carbonyl (C=O) groups excluding carboxylic acids is 1. The fraction of sp³-hybridized carbons (Fsp3) is 0.375. The quantitative estimate of drug-likeness (QED) is 0.857. The number of rotatable bonds is 5. The highest BCUT2D eigenvalue weighted by molar-refractivity contribution is 7.87. The Balaban J connectivity index is 1.67. The van der Waals surface area contributed by atoms with Crippen molar-refractivity contribution in [3.8, 4) is 0 Å². The van der Waals surface area contributed by atoms with E-state index in [1.807, 2.05) is 18.2 Å². The molecule has 1 aliphatic rings. The van der Waals surface area contributed by atoms with Crippen LogP contribution < -0.4 is 4.72 Å². The van der Waals surface area contributed by atoms with Crippen LogP contribution in [-0.4, -0.2) is 41.5 Å². The van der Waals surface area contributed by atoms with E-state index in [9.17, 15) is 13.2 Å². The van der Waals surface area contributed by atoms with Crippen LogP contribution in [0.25, 0.3) is 0 Å². The number of halogens is 1. The van der Waals surface area contributed by atoms with Gasteiger partial charge in [0.25, 0.3) is 5.91 Å². The van der Waals surface area contributed by atoms with E-state index in [2.05, 4.69) is 9.82 Å². The maximum absolute atomic E-state index is 12.3. The van der Waals surface area contributed by atoms with Crippen molar-refractivity contribution in [3.63, 3.8) is 0 Å². The van der Waals surface area contributed by atoms with Crippen LogP contribution in [0.5, 0.6) is 0 Å². The van der Waals surface area contributed by atoms with Crippen LogP contribution in [0.3, 0.4) is 0 Å². The van der Waals surface area contributed by atoms with Gasteiger partial charge < -0.3 is 0 Å². The molecule has 0 radical (unpaired) electrons. The second-order valence-corrected chi connectivity index (χ2v) is 7.99. The van der Waals surface area contributed by atoms with Gasteiger partial charge in [-0.25, -0.2) is 4.72 Å². The molecule has 0 spiro atoms. The van der Waals surface area contributed by atoms with E-state index < -0.39 is 16.1 Å². The summed E-state index contributed by atoms with van der Waals surface area (Å²) in [6.07, 6.45) is 5.48. The molecule has 0 atom stereocenters. The minimum atomic E-state index is -3.81. The predicted octanol–water partition coefficient (Wildman–Crippen LogP) is 2.05. The third kappa shape index (κ3) is 4.39. The van der Waals surface area contributed by atoms with Crippen LogP contribution in [0.1, 0.15) is 35.2 Å². The fourth-order valence-electron chi connectivity index (χ4n) is 2.71. The predicted molar refractivity (Wildman–Crippen MR) is 94.6 cm³/mol. The molecule has 1 aliphatic heterocycles. The highest BCUT2D eigenvalue weighted by atomic mass is 35.5. The summed E-state index contributed by atoms with van der Waals surface area (Å²) < 4.78 is 29.5. The standard InChI is InChI=1S/C16H19ClN4O3S/c17-15-7-3-2-6-13(15)11-20-12-14(10-18-20)16(22)19-25(23,24)21-8-4-1-5-9-21/h2-3,6-7,10,12H,1,4-5,8-9,11H2,(H,19,22). The van der Waals surface area contributed by atoms with Gasteiger partial charge >= 0.3 is 10.2 Å². The van der Waals surface area contributed by atoms with Crippen LogP contribution in [0.15, 0.2) is 36.7 Å². The molecule has 7 nitrogen and oxygen atoms in total. The first-order chi connectivity index (χ1) is 12.0. The van der Waals surface area contributed by atoms with Gasteiger partial charge in [-0.3, -0.25) is 9.48 Å². The van der Waals surface area contributed by atoms with E-state index >= 15 is 0 Å². The Morgan fingerprint density at radius 1 is 1.20 bits per heavy atom. The molecule has 1 fully saturated rings. The third-order valence-electron chi connectivity index (χ3n) is 4.06. The first-order valence-corrected chi connectivity index (χ1v) is 9.85. The van der Waals surface area contributed by atoms with E-state index in [-0.39, 0.29) is 5.56 Å². The minimum Gasteiger partial charge on any atom is -0.268 e. The average molecular weight is 383 g/mol. The summed E-state index contributed by atoms with van der Waals surface area (Å²) >= 11 is 6.11. The Morgan fingerprint density at radius 2 is 1.92 bits per heavy atom. The number of benzene rings is 1. The van der Waals surface area contributed by atoms with Crippen molar-refractivity contribution in [2.45, 2.75) is 25.8 Å². The van der Waals surface area contributed by atoms with Crippen LogP contribution in [0, 0.1) is 0 Å². The lowest BCUT2D eigenvalue weighted by Gasteiger charge is -2.25. The molecular weight excluding hydrogens is 364 g/mol. The van der Waals surface area contributed by atoms with Gasteiger partial charge in [0.05, 0.1) is 18.3 Å². The Labute approximate surface area is 151 Å². The van der Waals surface area contributed by atoms with Gasteiger partial charge in [0.2, 0.25) is 0 Å². The zero-order valence-electron chi connectivity index (χ0n) is 13.6. The van der Waals surface area contributed by atoms with Gasteiger partial charge in [-0.15, -0.1) is 0 Å². The van der Waals surface area contributed by atoms with Gasteiger partial charge in [-0.2, -0.15) is 17.8 Å². The van der Waals surface area contributed by atoms with Gasteiger partial charge in [-0.05, 0) is 24.5 Å². The van der Waals surface area contributed by atoms with E-state index in [4.69, 9.17) is 11.6 Å². The molecule has 0 aliphatic carbocycles. The molecule has 0 bridgehead atoms. The van der Waals surface area contributed by atoms with Crippen LogP contribution >= 0.6 is 11.6 Å². The monoisotopic (exact) mass is 382 g/mol. The van der Waals surface area contributed by atoms with Crippen molar-refractivity contribution in [1.82, 2.24) is 18.8 Å². The first-order valence-electron chi connectivity index (χ1n) is 8.04. The highest BCUT2D eigenvalue weighted by Crippen LogP contribution is 2.16. The average Bonchev–Trinajstić information content (AvgIpc) is 3.06. The van der Waals surface area contributed by atoms with E-state index in [1.165, 1.54) is 16.7 Å². The Kier molecular flexibility index (Phi) is 5.41. The van der Waals surface area contributed by atoms with E-state index in [0.717, 1.165) is 24.8 Å². The van der Waals surface area contributed by atoms with Crippen molar-refractivity contribution >= 4 is 27.7 Å². The number of hydrogen-bond acceptors (Lipinski definition) is 4. The number of nitrogens with one attached hydrogen (secondary N) is 1. The minimum absolute atomic E-state index is 0.188. The van der Waals surface area contributed by atoms with Gasteiger partial charge in [0.1, 0.15) is 0 Å². The van der Waals surface area contributed by atoms with Crippen LogP contribution in [0.4, 0.5) is 0 Å². The first kappa shape index (κ1) is 17.9. The smallest absolute Gasteiger partial charge is 0.268 e. The van der Waals surface area contributed by atoms with Gasteiger partial charge in [0.15, 0.2) is 0 Å². The van der Waals surface area contributed by atoms with Crippen molar-refractivity contribution < 1.29 is 13.2 Å². The number of aromatic nitrogens is 2. The molecule has 1 aromatic carbocycles. The normalized spacial score (nSPS) is 15.9. The van der Waals surface area contributed by atoms with Gasteiger partial charge in [0, 0.05) is 24.3 Å². The lowest BCUT2D eigenvalue weighted by molar-refractivity contribution is 0.0978. The molecule has 1 N–H and O–H groups in total. The maximum atomic E-state index is 12.3. The summed E-state index contributed by atoms with van der Waals surface area (Å²) in [6.45, 7) is 1.27. The summed E-state index contributed by atoms with van der Waals surface area (Å²) in [5, 5.41) is 4.71. The lowest BCUT2D eigenvalue weighted by Crippen LogP contribution is -2.45. The Bertz CT molecular complexity index is 860. The molecule has 2 heterocycles. The van der Waals surface area contributed by atoms with E-state index in [1.54, 1.807) is 10.7 Å². The molecule has 0 unspecified atom stereocenters. The maximum Gasteiger partial charge on any atom is 0.304 e. The molecular formula is C16H19ClN4O3S. The second-order valence-electron chi connectivity index (χ2n) is 5.91. The highest BCUT2D eigenvalue weighted by Gasteiger charge is 2.26. The van der Waals surface area contributed by atoms with Crippen molar-refractivity contribution in [1.29, 1.82) is 0 Å². The Hall–Kier alpha value is -1.90. The summed E-state index contributed by atoms with van der Waals surface area (Å²) in [4.78, 5) is 12.2. The van der Waals surface area contributed by atoms with Crippen molar-refractivity contribution in [2.24, 2.45) is 0 Å². The zero-order chi connectivity index (χ0) is 17.9. The fourth-order valence-corrected chi connectivity index (χ4v) is 4.13.